The fraction of sp³-hybridized carbons (Fsp3) is 0.280. The number of carbonyl (C=O) groups is 1. The van der Waals surface area contributed by atoms with Crippen molar-refractivity contribution in [3.05, 3.63) is 77.0 Å². The van der Waals surface area contributed by atoms with Crippen LogP contribution in [0.4, 0.5) is 8.78 Å². The molecular weight excluding hydrogens is 414 g/mol. The molecule has 0 amide bonds. The molecule has 0 radical (unpaired) electrons. The van der Waals surface area contributed by atoms with Crippen molar-refractivity contribution >= 4 is 5.78 Å². The molecule has 1 aliphatic heterocycles. The summed E-state index contributed by atoms with van der Waals surface area (Å²) in [5.41, 5.74) is 10.2. The van der Waals surface area contributed by atoms with Crippen molar-refractivity contribution < 1.29 is 23.0 Å². The van der Waals surface area contributed by atoms with Gasteiger partial charge in [-0.15, -0.1) is 8.78 Å². The van der Waals surface area contributed by atoms with Gasteiger partial charge in [-0.05, 0) is 54.7 Å². The van der Waals surface area contributed by atoms with Gasteiger partial charge >= 0.3 is 6.29 Å². The SMILES string of the molecule is Cc1ccc(CC(=O)C2(c3ccc4c(c3)OC(F)(F)O4)CC2)nc1-c1ccc(CN)cc1. The Hall–Kier alpha value is -3.32. The molecule has 2 aliphatic rings. The number of halogens is 2. The van der Waals surface area contributed by atoms with Crippen LogP contribution in [0.25, 0.3) is 11.3 Å². The van der Waals surface area contributed by atoms with Crippen molar-refractivity contribution in [1.29, 1.82) is 0 Å². The fourth-order valence-corrected chi connectivity index (χ4v) is 4.19. The first-order valence-corrected chi connectivity index (χ1v) is 10.5. The Bertz CT molecular complexity index is 1200. The van der Waals surface area contributed by atoms with Gasteiger partial charge in [0.25, 0.3) is 0 Å². The third kappa shape index (κ3) is 3.62. The summed E-state index contributed by atoms with van der Waals surface area (Å²) >= 11 is 0. The van der Waals surface area contributed by atoms with Crippen LogP contribution in [0, 0.1) is 6.92 Å². The van der Waals surface area contributed by atoms with Crippen molar-refractivity contribution in [3.8, 4) is 22.8 Å². The molecule has 0 bridgehead atoms. The molecule has 1 saturated carbocycles. The molecule has 1 aromatic heterocycles. The summed E-state index contributed by atoms with van der Waals surface area (Å²) in [6.07, 6.45) is -2.17. The highest BCUT2D eigenvalue weighted by atomic mass is 19.3. The summed E-state index contributed by atoms with van der Waals surface area (Å²) in [7, 11) is 0. The highest BCUT2D eigenvalue weighted by Crippen LogP contribution is 2.52. The minimum absolute atomic E-state index is 0.0175. The molecule has 0 unspecified atom stereocenters. The second-order valence-corrected chi connectivity index (χ2v) is 8.38. The second kappa shape index (κ2) is 7.38. The van der Waals surface area contributed by atoms with E-state index in [1.54, 1.807) is 6.07 Å². The highest BCUT2D eigenvalue weighted by molar-refractivity contribution is 5.94. The van der Waals surface area contributed by atoms with Gasteiger partial charge in [-0.25, -0.2) is 0 Å². The summed E-state index contributed by atoms with van der Waals surface area (Å²) in [5.74, 6) is -0.0420. The lowest BCUT2D eigenvalue weighted by Crippen LogP contribution is -2.26. The van der Waals surface area contributed by atoms with E-state index < -0.39 is 11.7 Å². The minimum Gasteiger partial charge on any atom is -0.395 e. The van der Waals surface area contributed by atoms with Gasteiger partial charge in [0.05, 0.1) is 11.1 Å². The number of benzene rings is 2. The number of nitrogens with two attached hydrogens (primary N) is 1. The molecule has 1 fully saturated rings. The maximum atomic E-state index is 13.4. The van der Waals surface area contributed by atoms with Gasteiger partial charge in [0.2, 0.25) is 0 Å². The quantitative estimate of drug-likeness (QED) is 0.607. The van der Waals surface area contributed by atoms with E-state index in [-0.39, 0.29) is 23.7 Å². The maximum absolute atomic E-state index is 13.4. The van der Waals surface area contributed by atoms with E-state index in [2.05, 4.69) is 9.47 Å². The first kappa shape index (κ1) is 20.6. The number of aryl methyl sites for hydroxylation is 1. The van der Waals surface area contributed by atoms with Crippen LogP contribution in [0.5, 0.6) is 11.5 Å². The summed E-state index contributed by atoms with van der Waals surface area (Å²) in [5, 5.41) is 0. The Morgan fingerprint density at radius 2 is 1.75 bits per heavy atom. The lowest BCUT2D eigenvalue weighted by molar-refractivity contribution is -0.286. The predicted octanol–water partition coefficient (Wildman–Crippen LogP) is 4.68. The van der Waals surface area contributed by atoms with Crippen LogP contribution in [-0.2, 0) is 23.2 Å². The van der Waals surface area contributed by atoms with Crippen LogP contribution in [0.15, 0.2) is 54.6 Å². The van der Waals surface area contributed by atoms with Gasteiger partial charge in [0.15, 0.2) is 11.5 Å². The number of aromatic nitrogens is 1. The molecule has 0 atom stereocenters. The highest BCUT2D eigenvalue weighted by Gasteiger charge is 2.52. The van der Waals surface area contributed by atoms with Crippen molar-refractivity contribution in [2.45, 2.75) is 44.4 Å². The van der Waals surface area contributed by atoms with Gasteiger partial charge < -0.3 is 15.2 Å². The van der Waals surface area contributed by atoms with E-state index in [1.165, 1.54) is 12.1 Å². The van der Waals surface area contributed by atoms with E-state index in [9.17, 15) is 13.6 Å². The first-order chi connectivity index (χ1) is 15.3. The Kier molecular flexibility index (Phi) is 4.74. The van der Waals surface area contributed by atoms with Crippen LogP contribution in [0.1, 0.15) is 35.2 Å². The van der Waals surface area contributed by atoms with E-state index >= 15 is 0 Å². The van der Waals surface area contributed by atoms with E-state index in [0.29, 0.717) is 30.6 Å². The zero-order valence-electron chi connectivity index (χ0n) is 17.5. The Morgan fingerprint density at radius 3 is 2.44 bits per heavy atom. The summed E-state index contributed by atoms with van der Waals surface area (Å²) in [6, 6.07) is 16.3. The zero-order valence-corrected chi connectivity index (χ0v) is 17.5. The van der Waals surface area contributed by atoms with Crippen LogP contribution < -0.4 is 15.2 Å². The van der Waals surface area contributed by atoms with Crippen LogP contribution in [-0.4, -0.2) is 17.1 Å². The number of pyridine rings is 1. The average molecular weight is 436 g/mol. The predicted molar refractivity (Wildman–Crippen MR) is 115 cm³/mol. The van der Waals surface area contributed by atoms with Gasteiger partial charge in [-0.2, -0.15) is 0 Å². The number of Topliss-reactive ketones (excluding diaryl/α,β-unsaturated/α-hetero) is 1. The van der Waals surface area contributed by atoms with Gasteiger partial charge in [0.1, 0.15) is 5.78 Å². The molecule has 3 aromatic rings. The molecule has 5 rings (SSSR count). The molecule has 7 heteroatoms. The fourth-order valence-electron chi connectivity index (χ4n) is 4.19. The van der Waals surface area contributed by atoms with Crippen LogP contribution in [0.2, 0.25) is 0 Å². The maximum Gasteiger partial charge on any atom is 0.586 e. The largest absolute Gasteiger partial charge is 0.586 e. The summed E-state index contributed by atoms with van der Waals surface area (Å²) in [4.78, 5) is 18.0. The van der Waals surface area contributed by atoms with Crippen molar-refractivity contribution in [3.63, 3.8) is 0 Å². The van der Waals surface area contributed by atoms with Crippen LogP contribution >= 0.6 is 0 Å². The Labute approximate surface area is 184 Å². The van der Waals surface area contributed by atoms with Gasteiger partial charge in [-0.3, -0.25) is 9.78 Å². The molecule has 5 nitrogen and oxygen atoms in total. The second-order valence-electron chi connectivity index (χ2n) is 8.38. The monoisotopic (exact) mass is 436 g/mol. The number of alkyl halides is 2. The van der Waals surface area contributed by atoms with Crippen molar-refractivity contribution in [2.75, 3.05) is 0 Å². The lowest BCUT2D eigenvalue weighted by atomic mass is 9.88. The third-order valence-corrected chi connectivity index (χ3v) is 6.20. The summed E-state index contributed by atoms with van der Waals surface area (Å²) < 4.78 is 35.7. The molecule has 2 N–H and O–H groups in total. The molecule has 32 heavy (non-hydrogen) atoms. The number of hydrogen-bond donors (Lipinski definition) is 1. The number of ether oxygens (including phenoxy) is 2. The molecule has 1 aliphatic carbocycles. The van der Waals surface area contributed by atoms with Crippen molar-refractivity contribution in [1.82, 2.24) is 4.98 Å². The van der Waals surface area contributed by atoms with E-state index in [1.807, 2.05) is 43.3 Å². The molecular formula is C25H22F2N2O3. The van der Waals surface area contributed by atoms with Crippen molar-refractivity contribution in [2.24, 2.45) is 5.73 Å². The normalized spacial score (nSPS) is 17.2. The smallest absolute Gasteiger partial charge is 0.395 e. The molecule has 0 spiro atoms. The van der Waals surface area contributed by atoms with E-state index in [4.69, 9.17) is 10.7 Å². The Morgan fingerprint density at radius 1 is 1.03 bits per heavy atom. The van der Waals surface area contributed by atoms with E-state index in [0.717, 1.165) is 22.4 Å². The molecule has 2 heterocycles. The topological polar surface area (TPSA) is 74.4 Å². The number of rotatable bonds is 6. The average Bonchev–Trinajstić information content (AvgIpc) is 3.52. The number of carbonyl (C=O) groups excluding carboxylic acids is 1. The number of fused-ring (bicyclic) bond motifs is 1. The standard InChI is InChI=1S/C25H22F2N2O3/c1-15-2-8-19(29-23(15)17-5-3-16(14-28)4-6-17)13-22(30)24(10-11-24)18-7-9-20-21(12-18)32-25(26,27)31-20/h2-9,12H,10-11,13-14,28H2,1H3. The summed E-state index contributed by atoms with van der Waals surface area (Å²) in [6.45, 7) is 2.45. The van der Waals surface area contributed by atoms with Gasteiger partial charge in [0, 0.05) is 24.2 Å². The zero-order chi connectivity index (χ0) is 22.5. The lowest BCUT2D eigenvalue weighted by Gasteiger charge is -2.16. The molecule has 164 valence electrons. The minimum atomic E-state index is -3.67. The first-order valence-electron chi connectivity index (χ1n) is 10.5. The number of hydrogen-bond acceptors (Lipinski definition) is 5. The Balaban J connectivity index is 1.38. The third-order valence-electron chi connectivity index (χ3n) is 6.20. The number of nitrogens with zero attached hydrogens (tertiary/aromatic N) is 1. The van der Waals surface area contributed by atoms with Crippen LogP contribution in [0.3, 0.4) is 0 Å². The molecule has 2 aromatic carbocycles. The molecule has 0 saturated heterocycles. The number of ketones is 1. The van der Waals surface area contributed by atoms with Gasteiger partial charge in [-0.1, -0.05) is 36.4 Å².